The standard InChI is InChI=1S/C22H27FN6O3/c1-15-12-16-18(28-15)4-5-19(20(16)23)32-22-17(21(24)25-14-26-22)13-27-31-9-3-2-6-29-7-10-30-11-8-29/h4-5,12-14,28H,2-3,6-11H2,1H3,(H2,24,25,26). The lowest BCUT2D eigenvalue weighted by Gasteiger charge is -2.26. The van der Waals surface area contributed by atoms with Crippen LogP contribution in [-0.4, -0.2) is 65.5 Å². The van der Waals surface area contributed by atoms with Crippen LogP contribution in [0.2, 0.25) is 0 Å². The average Bonchev–Trinajstić information content (AvgIpc) is 3.18. The number of anilines is 1. The molecular formula is C22H27FN6O3. The number of benzene rings is 1. The van der Waals surface area contributed by atoms with Gasteiger partial charge in [-0.05, 0) is 44.5 Å². The van der Waals surface area contributed by atoms with E-state index in [1.165, 1.54) is 18.6 Å². The molecule has 0 spiro atoms. The Morgan fingerprint density at radius 2 is 2.12 bits per heavy atom. The number of hydrogen-bond donors (Lipinski definition) is 2. The van der Waals surface area contributed by atoms with Gasteiger partial charge in [-0.2, -0.15) is 0 Å². The van der Waals surface area contributed by atoms with Crippen LogP contribution >= 0.6 is 0 Å². The van der Waals surface area contributed by atoms with Gasteiger partial charge >= 0.3 is 0 Å². The summed E-state index contributed by atoms with van der Waals surface area (Å²) in [5.41, 5.74) is 7.84. The molecule has 3 N–H and O–H groups in total. The van der Waals surface area contributed by atoms with Gasteiger partial charge in [0.2, 0.25) is 5.88 Å². The van der Waals surface area contributed by atoms with Gasteiger partial charge in [-0.1, -0.05) is 5.16 Å². The number of oxime groups is 1. The molecule has 0 radical (unpaired) electrons. The Labute approximate surface area is 185 Å². The number of nitrogens with two attached hydrogens (primary N) is 1. The number of fused-ring (bicyclic) bond motifs is 1. The molecule has 32 heavy (non-hydrogen) atoms. The highest BCUT2D eigenvalue weighted by Crippen LogP contribution is 2.31. The number of aromatic amines is 1. The van der Waals surface area contributed by atoms with Crippen LogP contribution < -0.4 is 10.5 Å². The van der Waals surface area contributed by atoms with Crippen LogP contribution in [0.1, 0.15) is 24.1 Å². The minimum atomic E-state index is -0.483. The van der Waals surface area contributed by atoms with E-state index < -0.39 is 5.82 Å². The van der Waals surface area contributed by atoms with Crippen LogP contribution in [0.5, 0.6) is 11.6 Å². The van der Waals surface area contributed by atoms with Gasteiger partial charge in [0.25, 0.3) is 0 Å². The number of aryl methyl sites for hydroxylation is 1. The van der Waals surface area contributed by atoms with Gasteiger partial charge < -0.3 is 25.0 Å². The van der Waals surface area contributed by atoms with Crippen LogP contribution in [0.3, 0.4) is 0 Å². The third-order valence-corrected chi connectivity index (χ3v) is 5.24. The summed E-state index contributed by atoms with van der Waals surface area (Å²) in [6, 6.07) is 5.01. The lowest BCUT2D eigenvalue weighted by Crippen LogP contribution is -2.36. The number of morpholine rings is 1. The minimum Gasteiger partial charge on any atom is -0.435 e. The number of halogens is 1. The molecule has 0 atom stereocenters. The largest absolute Gasteiger partial charge is 0.435 e. The number of ether oxygens (including phenoxy) is 2. The molecule has 2 aromatic heterocycles. The zero-order valence-corrected chi connectivity index (χ0v) is 18.0. The Morgan fingerprint density at radius 3 is 2.97 bits per heavy atom. The molecule has 3 aromatic rings. The third-order valence-electron chi connectivity index (χ3n) is 5.24. The summed E-state index contributed by atoms with van der Waals surface area (Å²) in [6.07, 6.45) is 4.54. The summed E-state index contributed by atoms with van der Waals surface area (Å²) in [5.74, 6) is -0.187. The van der Waals surface area contributed by atoms with Gasteiger partial charge in [-0.15, -0.1) is 0 Å². The quantitative estimate of drug-likeness (QED) is 0.297. The van der Waals surface area contributed by atoms with Crippen molar-refractivity contribution in [1.29, 1.82) is 0 Å². The number of nitrogens with zero attached hydrogens (tertiary/aromatic N) is 4. The van der Waals surface area contributed by atoms with Crippen LogP contribution in [0.15, 0.2) is 29.7 Å². The van der Waals surface area contributed by atoms with E-state index in [0.717, 1.165) is 51.4 Å². The zero-order chi connectivity index (χ0) is 22.3. The summed E-state index contributed by atoms with van der Waals surface area (Å²) in [7, 11) is 0. The molecule has 0 amide bonds. The van der Waals surface area contributed by atoms with Crippen molar-refractivity contribution in [3.8, 4) is 11.6 Å². The van der Waals surface area contributed by atoms with Gasteiger partial charge in [-0.3, -0.25) is 4.90 Å². The van der Waals surface area contributed by atoms with Crippen molar-refractivity contribution in [2.24, 2.45) is 5.16 Å². The molecule has 170 valence electrons. The molecule has 10 heteroatoms. The maximum Gasteiger partial charge on any atom is 0.233 e. The first kappa shape index (κ1) is 22.0. The Bertz CT molecular complexity index is 1080. The normalized spacial score (nSPS) is 14.9. The highest BCUT2D eigenvalue weighted by atomic mass is 19.1. The maximum atomic E-state index is 14.9. The molecule has 0 aliphatic carbocycles. The van der Waals surface area contributed by atoms with E-state index in [4.69, 9.17) is 20.0 Å². The maximum absolute atomic E-state index is 14.9. The molecule has 0 bridgehead atoms. The lowest BCUT2D eigenvalue weighted by molar-refractivity contribution is 0.0358. The van der Waals surface area contributed by atoms with E-state index in [1.807, 2.05) is 6.92 Å². The van der Waals surface area contributed by atoms with Crippen molar-refractivity contribution < 1.29 is 18.7 Å². The van der Waals surface area contributed by atoms with E-state index in [9.17, 15) is 4.39 Å². The average molecular weight is 442 g/mol. The summed E-state index contributed by atoms with van der Waals surface area (Å²) in [6.45, 7) is 6.91. The minimum absolute atomic E-state index is 0.0354. The molecule has 1 saturated heterocycles. The molecule has 1 fully saturated rings. The summed E-state index contributed by atoms with van der Waals surface area (Å²) >= 11 is 0. The predicted molar refractivity (Wildman–Crippen MR) is 120 cm³/mol. The van der Waals surface area contributed by atoms with Gasteiger partial charge in [0.15, 0.2) is 11.6 Å². The number of unbranched alkanes of at least 4 members (excludes halogenated alkanes) is 1. The van der Waals surface area contributed by atoms with E-state index in [-0.39, 0.29) is 17.4 Å². The first-order valence-corrected chi connectivity index (χ1v) is 10.6. The van der Waals surface area contributed by atoms with Crippen LogP contribution in [0.25, 0.3) is 10.9 Å². The first-order chi connectivity index (χ1) is 15.6. The van der Waals surface area contributed by atoms with Gasteiger partial charge in [0, 0.05) is 29.7 Å². The molecule has 1 aromatic carbocycles. The Hall–Kier alpha value is -3.24. The lowest BCUT2D eigenvalue weighted by atomic mass is 10.2. The third kappa shape index (κ3) is 5.32. The fraction of sp³-hybridized carbons (Fsp3) is 0.409. The fourth-order valence-corrected chi connectivity index (χ4v) is 3.54. The topological polar surface area (TPSA) is 111 Å². The molecule has 1 aliphatic heterocycles. The summed E-state index contributed by atoms with van der Waals surface area (Å²) < 4.78 is 25.9. The van der Waals surface area contributed by atoms with Gasteiger partial charge in [0.05, 0.1) is 19.4 Å². The number of nitrogens with one attached hydrogen (secondary N) is 1. The second-order valence-corrected chi connectivity index (χ2v) is 7.60. The van der Waals surface area contributed by atoms with Gasteiger partial charge in [-0.25, -0.2) is 14.4 Å². The van der Waals surface area contributed by atoms with Crippen LogP contribution in [0, 0.1) is 12.7 Å². The molecule has 0 unspecified atom stereocenters. The number of hydrogen-bond acceptors (Lipinski definition) is 8. The van der Waals surface area contributed by atoms with E-state index in [0.29, 0.717) is 23.1 Å². The van der Waals surface area contributed by atoms with Crippen molar-refractivity contribution in [1.82, 2.24) is 19.9 Å². The van der Waals surface area contributed by atoms with Crippen LogP contribution in [0.4, 0.5) is 10.2 Å². The molecular weight excluding hydrogens is 415 g/mol. The van der Waals surface area contributed by atoms with Crippen molar-refractivity contribution in [3.05, 3.63) is 41.6 Å². The fourth-order valence-electron chi connectivity index (χ4n) is 3.54. The number of aromatic nitrogens is 3. The molecule has 3 heterocycles. The van der Waals surface area contributed by atoms with E-state index in [2.05, 4.69) is 25.0 Å². The van der Waals surface area contributed by atoms with Crippen LogP contribution in [-0.2, 0) is 9.57 Å². The highest BCUT2D eigenvalue weighted by molar-refractivity contribution is 5.88. The predicted octanol–water partition coefficient (Wildman–Crippen LogP) is 3.24. The van der Waals surface area contributed by atoms with E-state index in [1.54, 1.807) is 12.1 Å². The molecule has 4 rings (SSSR count). The van der Waals surface area contributed by atoms with Crippen molar-refractivity contribution in [3.63, 3.8) is 0 Å². The first-order valence-electron chi connectivity index (χ1n) is 10.6. The number of rotatable bonds is 9. The Balaban J connectivity index is 1.35. The molecule has 0 saturated carbocycles. The van der Waals surface area contributed by atoms with Crippen molar-refractivity contribution >= 4 is 22.9 Å². The second kappa shape index (κ2) is 10.4. The highest BCUT2D eigenvalue weighted by Gasteiger charge is 2.15. The summed E-state index contributed by atoms with van der Waals surface area (Å²) in [4.78, 5) is 18.9. The second-order valence-electron chi connectivity index (χ2n) is 7.60. The molecule has 9 nitrogen and oxygen atoms in total. The smallest absolute Gasteiger partial charge is 0.233 e. The molecule has 1 aliphatic rings. The zero-order valence-electron chi connectivity index (χ0n) is 18.0. The van der Waals surface area contributed by atoms with Crippen molar-refractivity contribution in [2.75, 3.05) is 45.2 Å². The number of nitrogen functional groups attached to an aromatic ring is 1. The van der Waals surface area contributed by atoms with E-state index >= 15 is 0 Å². The monoisotopic (exact) mass is 442 g/mol. The Morgan fingerprint density at radius 1 is 1.28 bits per heavy atom. The van der Waals surface area contributed by atoms with Crippen molar-refractivity contribution in [2.45, 2.75) is 19.8 Å². The van der Waals surface area contributed by atoms with Gasteiger partial charge in [0.1, 0.15) is 24.3 Å². The Kier molecular flexibility index (Phi) is 7.13. The number of H-pyrrole nitrogens is 1. The SMILES string of the molecule is Cc1cc2c(F)c(Oc3ncnc(N)c3C=NOCCCCN3CCOCC3)ccc2[nH]1. The summed E-state index contributed by atoms with van der Waals surface area (Å²) in [5, 5.41) is 4.41.